The van der Waals surface area contributed by atoms with Gasteiger partial charge in [-0.15, -0.1) is 0 Å². The molecule has 17 heavy (non-hydrogen) atoms. The van der Waals surface area contributed by atoms with Crippen LogP contribution in [-0.4, -0.2) is 49.8 Å². The largest absolute Gasteiger partial charge is 0.394 e. The number of nitrogens with zero attached hydrogens (tertiary/aromatic N) is 1. The molecule has 8 heteroatoms. The smallest absolute Gasteiger partial charge is 0.330 e. The van der Waals surface area contributed by atoms with E-state index in [0.29, 0.717) is 0 Å². The molecule has 0 aromatic carbocycles. The Morgan fingerprint density at radius 2 is 2.18 bits per heavy atom. The van der Waals surface area contributed by atoms with Crippen molar-refractivity contribution in [1.82, 2.24) is 9.55 Å². The Bertz CT molecular complexity index is 555. The number of hydrogen-bond acceptors (Lipinski definition) is 6. The summed E-state index contributed by atoms with van der Waals surface area (Å²) in [6.45, 7) is -0.527. The summed E-state index contributed by atoms with van der Waals surface area (Å²) in [5.41, 5.74) is -1.73. The molecule has 0 aliphatic carbocycles. The highest BCUT2D eigenvalue weighted by molar-refractivity contribution is 4.92. The van der Waals surface area contributed by atoms with Gasteiger partial charge in [0.25, 0.3) is 5.56 Å². The highest BCUT2D eigenvalue weighted by Gasteiger charge is 2.43. The number of H-pyrrole nitrogens is 1. The van der Waals surface area contributed by atoms with Gasteiger partial charge in [0, 0.05) is 12.2 Å². The molecule has 0 spiro atoms. The summed E-state index contributed by atoms with van der Waals surface area (Å²) in [7, 11) is 0. The Labute approximate surface area is 96.1 Å². The zero-order valence-corrected chi connectivity index (χ0v) is 8.61. The summed E-state index contributed by atoms with van der Waals surface area (Å²) in [6, 6.07) is -0.479. The molecule has 8 nitrogen and oxygen atoms in total. The molecule has 1 saturated heterocycles. The predicted molar refractivity (Wildman–Crippen MR) is 54.3 cm³/mol. The van der Waals surface area contributed by atoms with Crippen molar-refractivity contribution in [3.8, 4) is 0 Å². The normalized spacial score (nSPS) is 33.7. The lowest BCUT2D eigenvalue weighted by Crippen LogP contribution is -2.37. The van der Waals surface area contributed by atoms with Crippen LogP contribution in [-0.2, 0) is 4.74 Å². The zero-order chi connectivity index (χ0) is 13.4. The molecule has 1 aromatic heterocycles. The molecule has 1 aliphatic rings. The van der Waals surface area contributed by atoms with Crippen molar-refractivity contribution >= 4 is 0 Å². The highest BCUT2D eigenvalue weighted by atomic mass is 16.6. The molecular weight excluding hydrogens is 232 g/mol. The van der Waals surface area contributed by atoms with Gasteiger partial charge in [0.1, 0.15) is 18.3 Å². The van der Waals surface area contributed by atoms with E-state index in [1.807, 2.05) is 4.98 Å². The summed E-state index contributed by atoms with van der Waals surface area (Å²) in [5.74, 6) is 0. The van der Waals surface area contributed by atoms with Crippen molar-refractivity contribution in [1.29, 1.82) is 0 Å². The van der Waals surface area contributed by atoms with E-state index >= 15 is 0 Å². The van der Waals surface area contributed by atoms with Gasteiger partial charge in [-0.1, -0.05) is 0 Å². The third kappa shape index (κ3) is 2.03. The molecule has 2 heterocycles. The van der Waals surface area contributed by atoms with Crippen molar-refractivity contribution < 1.29 is 21.4 Å². The minimum atomic E-state index is -1.44. The van der Waals surface area contributed by atoms with Crippen LogP contribution in [0.5, 0.6) is 0 Å². The molecule has 94 valence electrons. The number of rotatable bonds is 2. The van der Waals surface area contributed by atoms with E-state index in [9.17, 15) is 19.8 Å². The lowest BCUT2D eigenvalue weighted by Gasteiger charge is -2.16. The van der Waals surface area contributed by atoms with Gasteiger partial charge < -0.3 is 20.1 Å². The van der Waals surface area contributed by atoms with E-state index in [4.69, 9.17) is 11.2 Å². The lowest BCUT2D eigenvalue weighted by molar-refractivity contribution is -0.0550. The van der Waals surface area contributed by atoms with Gasteiger partial charge in [0.2, 0.25) is 0 Å². The van der Waals surface area contributed by atoms with Crippen LogP contribution in [0.4, 0.5) is 0 Å². The molecule has 0 radical (unpaired) electrons. The van der Waals surface area contributed by atoms with Crippen molar-refractivity contribution in [2.45, 2.75) is 24.5 Å². The summed E-state index contributed by atoms with van der Waals surface area (Å²) in [4.78, 5) is 24.4. The van der Waals surface area contributed by atoms with E-state index < -0.39 is 48.4 Å². The maximum absolute atomic E-state index is 11.5. The lowest BCUT2D eigenvalue weighted by atomic mass is 10.1. The maximum atomic E-state index is 11.5. The molecular formula is C9H12N2O6. The van der Waals surface area contributed by atoms with Gasteiger partial charge in [0.15, 0.2) is 6.23 Å². The molecule has 4 N–H and O–H groups in total. The van der Waals surface area contributed by atoms with Gasteiger partial charge in [-0.3, -0.25) is 14.3 Å². The average Bonchev–Trinajstić information content (AvgIpc) is 2.61. The van der Waals surface area contributed by atoms with E-state index in [2.05, 4.69) is 0 Å². The first-order valence-electron chi connectivity index (χ1n) is 5.40. The van der Waals surface area contributed by atoms with Crippen LogP contribution in [0, 0.1) is 0 Å². The number of aliphatic hydroxyl groups is 3. The van der Waals surface area contributed by atoms with Crippen molar-refractivity contribution in [2.75, 3.05) is 6.61 Å². The highest BCUT2D eigenvalue weighted by Crippen LogP contribution is 2.27. The van der Waals surface area contributed by atoms with Crippen LogP contribution in [0.1, 0.15) is 7.60 Å². The van der Waals surface area contributed by atoms with Crippen molar-refractivity contribution in [2.24, 2.45) is 0 Å². The van der Waals surface area contributed by atoms with Gasteiger partial charge in [0.05, 0.1) is 7.98 Å². The Hall–Kier alpha value is -1.48. The SMILES string of the molecule is [2H]c1cn([C@@H]2O[C@H](CO)[C@H](O)C2O)c(=O)[nH]c1=O. The van der Waals surface area contributed by atoms with Crippen molar-refractivity contribution in [3.05, 3.63) is 33.1 Å². The average molecular weight is 245 g/mol. The standard InChI is InChI=1S/C9H12N2O6/c12-3-4-6(14)7(15)8(17-4)11-2-1-5(13)10-9(11)16/h1-2,4,6-8,12,14-15H,3H2,(H,10,13,16)/t4-,6+,7?,8-/m1/s1/i1D. The first-order chi connectivity index (χ1) is 8.45. The van der Waals surface area contributed by atoms with Crippen LogP contribution < -0.4 is 11.2 Å². The fourth-order valence-corrected chi connectivity index (χ4v) is 1.68. The molecule has 0 amide bonds. The van der Waals surface area contributed by atoms with Crippen LogP contribution in [0.25, 0.3) is 0 Å². The summed E-state index contributed by atoms with van der Waals surface area (Å²) >= 11 is 0. The number of ether oxygens (including phenoxy) is 1. The van der Waals surface area contributed by atoms with Crippen LogP contribution in [0.15, 0.2) is 21.8 Å². The second-order valence-electron chi connectivity index (χ2n) is 3.67. The second kappa shape index (κ2) is 4.41. The molecule has 0 saturated carbocycles. The first kappa shape index (κ1) is 10.7. The molecule has 1 fully saturated rings. The monoisotopic (exact) mass is 245 g/mol. The van der Waals surface area contributed by atoms with Crippen LogP contribution in [0.2, 0.25) is 0 Å². The van der Waals surface area contributed by atoms with Crippen LogP contribution >= 0.6 is 0 Å². The topological polar surface area (TPSA) is 125 Å². The summed E-state index contributed by atoms with van der Waals surface area (Å²) in [5, 5.41) is 28.1. The summed E-state index contributed by atoms with van der Waals surface area (Å²) < 4.78 is 13.2. The summed E-state index contributed by atoms with van der Waals surface area (Å²) in [6.07, 6.45) is -4.18. The minimum absolute atomic E-state index is 0.479. The zero-order valence-electron chi connectivity index (χ0n) is 9.61. The minimum Gasteiger partial charge on any atom is -0.394 e. The predicted octanol–water partition coefficient (Wildman–Crippen LogP) is -2.85. The third-order valence-corrected chi connectivity index (χ3v) is 2.58. The number of nitrogens with one attached hydrogen (secondary N) is 1. The fourth-order valence-electron chi connectivity index (χ4n) is 1.68. The molecule has 1 unspecified atom stereocenters. The number of aromatic nitrogens is 2. The maximum Gasteiger partial charge on any atom is 0.330 e. The second-order valence-corrected chi connectivity index (χ2v) is 3.67. The first-order valence-corrected chi connectivity index (χ1v) is 4.90. The molecule has 2 rings (SSSR count). The Balaban J connectivity index is 2.42. The third-order valence-electron chi connectivity index (χ3n) is 2.58. The van der Waals surface area contributed by atoms with E-state index in [1.165, 1.54) is 0 Å². The fraction of sp³-hybridized carbons (Fsp3) is 0.556. The van der Waals surface area contributed by atoms with E-state index in [1.54, 1.807) is 0 Å². The van der Waals surface area contributed by atoms with Crippen LogP contribution in [0.3, 0.4) is 0 Å². The Kier molecular flexibility index (Phi) is 2.77. The van der Waals surface area contributed by atoms with Gasteiger partial charge in [-0.05, 0) is 0 Å². The van der Waals surface area contributed by atoms with E-state index in [-0.39, 0.29) is 0 Å². The Morgan fingerprint density at radius 3 is 2.76 bits per heavy atom. The Morgan fingerprint density at radius 1 is 1.47 bits per heavy atom. The van der Waals surface area contributed by atoms with Gasteiger partial charge >= 0.3 is 5.69 Å². The van der Waals surface area contributed by atoms with Crippen molar-refractivity contribution in [3.63, 3.8) is 0 Å². The van der Waals surface area contributed by atoms with Gasteiger partial charge in [-0.25, -0.2) is 4.79 Å². The number of hydrogen-bond donors (Lipinski definition) is 4. The quantitative estimate of drug-likeness (QED) is 0.444. The van der Waals surface area contributed by atoms with E-state index in [0.717, 1.165) is 10.8 Å². The number of aliphatic hydroxyl groups excluding tert-OH is 3. The molecule has 1 aromatic rings. The number of aromatic amines is 1. The molecule has 4 atom stereocenters. The van der Waals surface area contributed by atoms with Gasteiger partial charge in [-0.2, -0.15) is 0 Å². The molecule has 0 bridgehead atoms. The molecule has 1 aliphatic heterocycles.